The van der Waals surface area contributed by atoms with Gasteiger partial charge in [0.15, 0.2) is 0 Å². The number of hydrogen-bond donors (Lipinski definition) is 0. The summed E-state index contributed by atoms with van der Waals surface area (Å²) >= 11 is 0. The van der Waals surface area contributed by atoms with Crippen molar-refractivity contribution in [1.82, 2.24) is 0 Å². The predicted molar refractivity (Wildman–Crippen MR) is 69.9 cm³/mol. The third-order valence-corrected chi connectivity index (χ3v) is 2.62. The van der Waals surface area contributed by atoms with Crippen molar-refractivity contribution in [2.24, 2.45) is 0 Å². The van der Waals surface area contributed by atoms with Gasteiger partial charge in [0, 0.05) is 5.92 Å². The maximum atomic E-state index is 5.66. The molecule has 0 amide bonds. The largest absolute Gasteiger partial charge is 0.494 e. The van der Waals surface area contributed by atoms with Gasteiger partial charge in [0.05, 0.1) is 6.61 Å². The summed E-state index contributed by atoms with van der Waals surface area (Å²) in [7, 11) is 0. The maximum Gasteiger partial charge on any atom is 0.122 e. The molecule has 0 aliphatic rings. The Balaban J connectivity index is 3.01. The minimum absolute atomic E-state index is 0.134. The first-order valence-corrected chi connectivity index (χ1v) is 5.94. The Hall–Kier alpha value is -1.24. The molecule has 0 heterocycles. The van der Waals surface area contributed by atoms with Crippen molar-refractivity contribution in [2.45, 2.75) is 32.6 Å². The molecular weight excluding hydrogens is 196 g/mol. The monoisotopic (exact) mass is 217 g/mol. The summed E-state index contributed by atoms with van der Waals surface area (Å²) in [6, 6.07) is 6.35. The Morgan fingerprint density at radius 1 is 1.38 bits per heavy atom. The second kappa shape index (κ2) is 6.37. The highest BCUT2D eigenvalue weighted by Gasteiger charge is 2.07. The van der Waals surface area contributed by atoms with Crippen LogP contribution in [0.25, 0.3) is 0 Å². The van der Waals surface area contributed by atoms with Crippen LogP contribution in [0.2, 0.25) is 0 Å². The van der Waals surface area contributed by atoms with E-state index >= 15 is 0 Å². The summed E-state index contributed by atoms with van der Waals surface area (Å²) in [4.78, 5) is 0. The maximum absolute atomic E-state index is 5.66. The highest BCUT2D eigenvalue weighted by Crippen LogP contribution is 2.26. The average molecular weight is 217 g/mol. The molecule has 1 nitrogen and oxygen atoms in total. The second-order valence-corrected chi connectivity index (χ2v) is 3.89. The molecule has 1 aromatic rings. The smallest absolute Gasteiger partial charge is 0.122 e. The van der Waals surface area contributed by atoms with E-state index in [2.05, 4.69) is 38.6 Å². The van der Waals surface area contributed by atoms with Gasteiger partial charge in [-0.1, -0.05) is 31.6 Å². The quantitative estimate of drug-likeness (QED) is 0.651. The molecule has 0 saturated carbocycles. The lowest BCUT2D eigenvalue weighted by molar-refractivity contribution is 0.336. The molecule has 0 fully saturated rings. The lowest BCUT2D eigenvalue weighted by atomic mass is 9.98. The first kappa shape index (κ1) is 12.8. The highest BCUT2D eigenvalue weighted by atomic mass is 16.5. The Morgan fingerprint density at radius 2 is 2.12 bits per heavy atom. The van der Waals surface area contributed by atoms with Crippen LogP contribution in [-0.4, -0.2) is 6.61 Å². The zero-order chi connectivity index (χ0) is 12.0. The molecule has 1 radical (unpaired) electrons. The molecule has 0 bridgehead atoms. The minimum atomic E-state index is 0.134. The minimum Gasteiger partial charge on any atom is -0.494 e. The van der Waals surface area contributed by atoms with Gasteiger partial charge in [-0.15, -0.1) is 6.58 Å². The van der Waals surface area contributed by atoms with Gasteiger partial charge >= 0.3 is 0 Å². The molecule has 0 aliphatic carbocycles. The summed E-state index contributed by atoms with van der Waals surface area (Å²) in [5, 5.41) is 0. The van der Waals surface area contributed by atoms with Crippen LogP contribution < -0.4 is 4.74 Å². The van der Waals surface area contributed by atoms with E-state index in [9.17, 15) is 0 Å². The van der Waals surface area contributed by atoms with Crippen LogP contribution in [0.15, 0.2) is 30.9 Å². The molecule has 0 saturated heterocycles. The summed E-state index contributed by atoms with van der Waals surface area (Å²) in [6.45, 7) is 12.7. The van der Waals surface area contributed by atoms with Gasteiger partial charge in [0.2, 0.25) is 0 Å². The van der Waals surface area contributed by atoms with Crippen LogP contribution in [0.1, 0.15) is 37.3 Å². The van der Waals surface area contributed by atoms with E-state index in [-0.39, 0.29) is 5.92 Å². The molecule has 87 valence electrons. The van der Waals surface area contributed by atoms with Crippen molar-refractivity contribution in [3.63, 3.8) is 0 Å². The van der Waals surface area contributed by atoms with Crippen molar-refractivity contribution < 1.29 is 4.74 Å². The molecule has 1 aromatic carbocycles. The standard InChI is InChI=1S/C15H21O/c1-5-8-13-9-10-14(12(4)6-2)11-15(13)16-7-3/h6,9-12H,2,4-5,7-8H2,1,3H3. The third-order valence-electron chi connectivity index (χ3n) is 2.62. The van der Waals surface area contributed by atoms with Gasteiger partial charge in [0.25, 0.3) is 0 Å². The SMILES string of the molecule is [CH2]C(C=C)c1ccc(CCC)c(OCC)c1. The average Bonchev–Trinajstić information content (AvgIpc) is 2.31. The van der Waals surface area contributed by atoms with Crippen LogP contribution >= 0.6 is 0 Å². The molecule has 1 unspecified atom stereocenters. The summed E-state index contributed by atoms with van der Waals surface area (Å²) < 4.78 is 5.66. The van der Waals surface area contributed by atoms with Gasteiger partial charge in [-0.05, 0) is 37.5 Å². The third kappa shape index (κ3) is 3.13. The molecule has 0 spiro atoms. The fraction of sp³-hybridized carbons (Fsp3) is 0.400. The van der Waals surface area contributed by atoms with E-state index in [0.29, 0.717) is 6.61 Å². The van der Waals surface area contributed by atoms with Crippen molar-refractivity contribution in [1.29, 1.82) is 0 Å². The number of rotatable bonds is 6. The van der Waals surface area contributed by atoms with Gasteiger partial charge in [-0.3, -0.25) is 0 Å². The van der Waals surface area contributed by atoms with Crippen LogP contribution in [0.5, 0.6) is 5.75 Å². The van der Waals surface area contributed by atoms with E-state index in [4.69, 9.17) is 4.74 Å². The normalized spacial score (nSPS) is 12.2. The van der Waals surface area contributed by atoms with Gasteiger partial charge in [-0.2, -0.15) is 0 Å². The second-order valence-electron chi connectivity index (χ2n) is 3.89. The fourth-order valence-corrected chi connectivity index (χ4v) is 1.70. The molecular formula is C15H21O. The fourth-order valence-electron chi connectivity index (χ4n) is 1.70. The number of hydrogen-bond acceptors (Lipinski definition) is 1. The molecule has 0 aliphatic heterocycles. The first-order chi connectivity index (χ1) is 7.72. The van der Waals surface area contributed by atoms with Crippen LogP contribution in [0, 0.1) is 6.92 Å². The van der Waals surface area contributed by atoms with Crippen LogP contribution in [-0.2, 0) is 6.42 Å². The zero-order valence-electron chi connectivity index (χ0n) is 10.3. The van der Waals surface area contributed by atoms with E-state index in [1.165, 1.54) is 11.1 Å². The summed E-state index contributed by atoms with van der Waals surface area (Å²) in [5.74, 6) is 1.13. The van der Waals surface area contributed by atoms with Crippen LogP contribution in [0.4, 0.5) is 0 Å². The van der Waals surface area contributed by atoms with E-state index in [1.54, 1.807) is 0 Å². The predicted octanol–water partition coefficient (Wildman–Crippen LogP) is 4.14. The molecule has 1 heteroatoms. The highest BCUT2D eigenvalue weighted by molar-refractivity contribution is 5.40. The van der Waals surface area contributed by atoms with E-state index in [1.807, 2.05) is 13.0 Å². The van der Waals surface area contributed by atoms with Crippen molar-refractivity contribution in [2.75, 3.05) is 6.61 Å². The van der Waals surface area contributed by atoms with Crippen molar-refractivity contribution in [3.8, 4) is 5.75 Å². The zero-order valence-corrected chi connectivity index (χ0v) is 10.3. The van der Waals surface area contributed by atoms with Crippen molar-refractivity contribution in [3.05, 3.63) is 48.9 Å². The van der Waals surface area contributed by atoms with Gasteiger partial charge in [0.1, 0.15) is 5.75 Å². The lowest BCUT2D eigenvalue weighted by Crippen LogP contribution is -1.99. The Morgan fingerprint density at radius 3 is 2.69 bits per heavy atom. The summed E-state index contributed by atoms with van der Waals surface area (Å²) in [6.07, 6.45) is 4.05. The Labute approximate surface area is 99.1 Å². The molecule has 0 aromatic heterocycles. The number of aryl methyl sites for hydroxylation is 1. The molecule has 16 heavy (non-hydrogen) atoms. The van der Waals surface area contributed by atoms with Crippen LogP contribution in [0.3, 0.4) is 0 Å². The number of benzene rings is 1. The van der Waals surface area contributed by atoms with Gasteiger partial charge < -0.3 is 4.74 Å². The molecule has 1 atom stereocenters. The van der Waals surface area contributed by atoms with Crippen molar-refractivity contribution >= 4 is 0 Å². The molecule has 0 N–H and O–H groups in total. The first-order valence-electron chi connectivity index (χ1n) is 5.94. The number of ether oxygens (including phenoxy) is 1. The Bertz CT molecular complexity index is 341. The van der Waals surface area contributed by atoms with Gasteiger partial charge in [-0.25, -0.2) is 0 Å². The number of allylic oxidation sites excluding steroid dienone is 1. The Kier molecular flexibility index (Phi) is 5.10. The van der Waals surface area contributed by atoms with E-state index < -0.39 is 0 Å². The lowest BCUT2D eigenvalue weighted by Gasteiger charge is -2.13. The van der Waals surface area contributed by atoms with E-state index in [0.717, 1.165) is 18.6 Å². The summed E-state index contributed by atoms with van der Waals surface area (Å²) in [5.41, 5.74) is 2.45. The molecule has 1 rings (SSSR count). The topological polar surface area (TPSA) is 9.23 Å².